The zero-order valence-electron chi connectivity index (χ0n) is 14.8. The average molecular weight is 400 g/mol. The zero-order valence-corrected chi connectivity index (χ0v) is 16.4. The largest absolute Gasteiger partial charge is 0.416 e. The van der Waals surface area contributed by atoms with Crippen LogP contribution in [0.15, 0.2) is 9.64 Å². The van der Waals surface area contributed by atoms with E-state index in [0.717, 1.165) is 0 Å². The second-order valence-corrected chi connectivity index (χ2v) is 9.96. The third-order valence-corrected chi connectivity index (χ3v) is 6.71. The van der Waals surface area contributed by atoms with Crippen LogP contribution in [-0.2, 0) is 16.3 Å². The van der Waals surface area contributed by atoms with Crippen molar-refractivity contribution in [1.29, 1.82) is 0 Å². The summed E-state index contributed by atoms with van der Waals surface area (Å²) in [7, 11) is 0.734. The predicted octanol–water partition coefficient (Wildman–Crippen LogP) is 0.733. The second kappa shape index (κ2) is 7.35. The Morgan fingerprint density at radius 1 is 1.31 bits per heavy atom. The monoisotopic (exact) mass is 399 g/mol. The van der Waals surface area contributed by atoms with E-state index in [1.165, 1.54) is 11.8 Å². The van der Waals surface area contributed by atoms with Crippen molar-refractivity contribution in [2.75, 3.05) is 36.2 Å². The number of anilines is 2. The molecule has 10 nitrogen and oxygen atoms in total. The SMILES string of the molecule is CC(Sc1nnc(CC2CCS(=O)(=O)C2)o1)c1nc(N)nc(N(C)C)n1. The molecule has 12 heteroatoms. The maximum Gasteiger partial charge on any atom is 0.277 e. The maximum atomic E-state index is 11.5. The molecule has 0 aliphatic carbocycles. The Balaban J connectivity index is 1.65. The van der Waals surface area contributed by atoms with Crippen LogP contribution in [0.1, 0.15) is 30.3 Å². The van der Waals surface area contributed by atoms with Gasteiger partial charge in [-0.1, -0.05) is 11.8 Å². The lowest BCUT2D eigenvalue weighted by atomic mass is 10.1. The third kappa shape index (κ3) is 4.61. The number of aromatic nitrogens is 5. The van der Waals surface area contributed by atoms with Crippen LogP contribution < -0.4 is 10.6 Å². The summed E-state index contributed by atoms with van der Waals surface area (Å²) in [5.41, 5.74) is 5.75. The van der Waals surface area contributed by atoms with Crippen LogP contribution in [0.5, 0.6) is 0 Å². The van der Waals surface area contributed by atoms with Crippen molar-refractivity contribution in [1.82, 2.24) is 25.1 Å². The van der Waals surface area contributed by atoms with Gasteiger partial charge in [0.2, 0.25) is 17.8 Å². The summed E-state index contributed by atoms with van der Waals surface area (Å²) in [5.74, 6) is 2.07. The normalized spacial score (nSPS) is 20.2. The van der Waals surface area contributed by atoms with Crippen LogP contribution in [0.3, 0.4) is 0 Å². The number of nitrogen functional groups attached to an aromatic ring is 1. The van der Waals surface area contributed by atoms with Crippen LogP contribution >= 0.6 is 11.8 Å². The van der Waals surface area contributed by atoms with Gasteiger partial charge >= 0.3 is 0 Å². The van der Waals surface area contributed by atoms with Gasteiger partial charge in [-0.15, -0.1) is 10.2 Å². The Morgan fingerprint density at radius 2 is 2.08 bits per heavy atom. The molecule has 142 valence electrons. The molecule has 2 N–H and O–H groups in total. The molecular weight excluding hydrogens is 378 g/mol. The summed E-state index contributed by atoms with van der Waals surface area (Å²) in [6.07, 6.45) is 1.12. The van der Waals surface area contributed by atoms with E-state index in [1.807, 2.05) is 21.0 Å². The molecule has 3 rings (SSSR count). The molecule has 0 saturated carbocycles. The summed E-state index contributed by atoms with van der Waals surface area (Å²) in [5, 5.41) is 8.26. The van der Waals surface area contributed by atoms with E-state index in [0.29, 0.717) is 35.7 Å². The van der Waals surface area contributed by atoms with Crippen LogP contribution in [0, 0.1) is 5.92 Å². The van der Waals surface area contributed by atoms with Crippen molar-refractivity contribution in [2.45, 2.75) is 30.2 Å². The van der Waals surface area contributed by atoms with Crippen LogP contribution in [-0.4, -0.2) is 59.2 Å². The maximum absolute atomic E-state index is 11.5. The standard InChI is InChI=1S/C14H21N7O3S2/c1-8(11-16-12(15)18-13(17-11)21(2)3)25-14-20-19-10(24-14)6-9-4-5-26(22,23)7-9/h8-9H,4-7H2,1-3H3,(H2,15,16,17,18). The number of hydrogen-bond donors (Lipinski definition) is 1. The van der Waals surface area contributed by atoms with E-state index >= 15 is 0 Å². The fourth-order valence-corrected chi connectivity index (χ4v) is 5.24. The minimum Gasteiger partial charge on any atom is -0.416 e. The van der Waals surface area contributed by atoms with Crippen molar-refractivity contribution in [2.24, 2.45) is 5.92 Å². The van der Waals surface area contributed by atoms with Crippen molar-refractivity contribution in [3.8, 4) is 0 Å². The van der Waals surface area contributed by atoms with Crippen LogP contribution in [0.4, 0.5) is 11.9 Å². The molecule has 1 saturated heterocycles. The highest BCUT2D eigenvalue weighted by Crippen LogP contribution is 2.33. The van der Waals surface area contributed by atoms with Crippen LogP contribution in [0.25, 0.3) is 0 Å². The molecule has 1 aliphatic rings. The first kappa shape index (κ1) is 18.8. The van der Waals surface area contributed by atoms with Gasteiger partial charge in [0, 0.05) is 20.5 Å². The Bertz CT molecular complexity index is 884. The lowest BCUT2D eigenvalue weighted by Gasteiger charge is -2.13. The summed E-state index contributed by atoms with van der Waals surface area (Å²) in [4.78, 5) is 14.4. The number of nitrogens with zero attached hydrogens (tertiary/aromatic N) is 6. The molecule has 2 aromatic rings. The molecule has 2 aromatic heterocycles. The molecule has 2 atom stereocenters. The molecule has 0 aromatic carbocycles. The molecule has 0 bridgehead atoms. The van der Waals surface area contributed by atoms with E-state index < -0.39 is 9.84 Å². The fourth-order valence-electron chi connectivity index (χ4n) is 2.63. The van der Waals surface area contributed by atoms with Gasteiger partial charge in [0.25, 0.3) is 5.22 Å². The number of hydrogen-bond acceptors (Lipinski definition) is 11. The number of sulfone groups is 1. The first-order chi connectivity index (χ1) is 12.2. The van der Waals surface area contributed by atoms with E-state index in [1.54, 1.807) is 4.90 Å². The summed E-state index contributed by atoms with van der Waals surface area (Å²) >= 11 is 1.32. The minimum absolute atomic E-state index is 0.0432. The first-order valence-electron chi connectivity index (χ1n) is 8.10. The zero-order chi connectivity index (χ0) is 18.9. The van der Waals surface area contributed by atoms with Gasteiger partial charge in [-0.2, -0.15) is 15.0 Å². The number of rotatable bonds is 6. The molecule has 1 aliphatic heterocycles. The van der Waals surface area contributed by atoms with Gasteiger partial charge in [-0.25, -0.2) is 8.42 Å². The van der Waals surface area contributed by atoms with E-state index in [2.05, 4.69) is 25.1 Å². The fraction of sp³-hybridized carbons (Fsp3) is 0.643. The van der Waals surface area contributed by atoms with Crippen LogP contribution in [0.2, 0.25) is 0 Å². The second-order valence-electron chi connectivity index (χ2n) is 6.44. The molecular formula is C14H21N7O3S2. The lowest BCUT2D eigenvalue weighted by Crippen LogP contribution is -2.16. The van der Waals surface area contributed by atoms with Gasteiger partial charge in [0.1, 0.15) is 5.82 Å². The van der Waals surface area contributed by atoms with E-state index in [9.17, 15) is 8.42 Å². The van der Waals surface area contributed by atoms with Gasteiger partial charge in [-0.3, -0.25) is 0 Å². The minimum atomic E-state index is -2.91. The first-order valence-corrected chi connectivity index (χ1v) is 10.8. The molecule has 2 unspecified atom stereocenters. The molecule has 0 radical (unpaired) electrons. The van der Waals surface area contributed by atoms with Gasteiger partial charge in [0.05, 0.1) is 16.8 Å². The Hall–Kier alpha value is -1.95. The van der Waals surface area contributed by atoms with Gasteiger partial charge in [-0.05, 0) is 19.3 Å². The third-order valence-electron chi connectivity index (χ3n) is 3.94. The van der Waals surface area contributed by atoms with Crippen molar-refractivity contribution in [3.63, 3.8) is 0 Å². The van der Waals surface area contributed by atoms with E-state index in [-0.39, 0.29) is 28.6 Å². The molecule has 3 heterocycles. The summed E-state index contributed by atoms with van der Waals surface area (Å²) < 4.78 is 28.7. The molecule has 0 amide bonds. The highest BCUT2D eigenvalue weighted by Gasteiger charge is 2.29. The molecule has 0 spiro atoms. The van der Waals surface area contributed by atoms with Crippen molar-refractivity contribution >= 4 is 33.5 Å². The quantitative estimate of drug-likeness (QED) is 0.687. The van der Waals surface area contributed by atoms with Gasteiger partial charge < -0.3 is 15.1 Å². The number of thioether (sulfide) groups is 1. The topological polar surface area (TPSA) is 141 Å². The number of nitrogens with two attached hydrogens (primary N) is 1. The predicted molar refractivity (Wildman–Crippen MR) is 97.6 cm³/mol. The van der Waals surface area contributed by atoms with Crippen molar-refractivity contribution in [3.05, 3.63) is 11.7 Å². The molecule has 1 fully saturated rings. The smallest absolute Gasteiger partial charge is 0.277 e. The van der Waals surface area contributed by atoms with Gasteiger partial charge in [0.15, 0.2) is 9.84 Å². The van der Waals surface area contributed by atoms with Crippen molar-refractivity contribution < 1.29 is 12.8 Å². The highest BCUT2D eigenvalue weighted by molar-refractivity contribution is 7.99. The Kier molecular flexibility index (Phi) is 5.32. The Labute approximate surface area is 155 Å². The summed E-state index contributed by atoms with van der Waals surface area (Å²) in [6, 6.07) is 0. The highest BCUT2D eigenvalue weighted by atomic mass is 32.2. The lowest BCUT2D eigenvalue weighted by molar-refractivity contribution is 0.388. The molecule has 26 heavy (non-hydrogen) atoms. The van der Waals surface area contributed by atoms with E-state index in [4.69, 9.17) is 10.2 Å². The Morgan fingerprint density at radius 3 is 2.73 bits per heavy atom. The average Bonchev–Trinajstić information content (AvgIpc) is 3.12. The summed E-state index contributed by atoms with van der Waals surface area (Å²) in [6.45, 7) is 1.91.